The number of hydrogen-bond acceptors (Lipinski definition) is 6. The number of nitrogens with zero attached hydrogens (tertiary/aromatic N) is 5. The maximum Gasteiger partial charge on any atom is 0.269 e. The summed E-state index contributed by atoms with van der Waals surface area (Å²) in [4.78, 5) is 14.8. The molecule has 8 nitrogen and oxygen atoms in total. The minimum Gasteiger partial charge on any atom is -0.364 e. The molecule has 0 aliphatic rings. The van der Waals surface area contributed by atoms with E-state index in [0.717, 1.165) is 0 Å². The fourth-order valence-electron chi connectivity index (χ4n) is 1.19. The molecule has 0 atom stereocenters. The summed E-state index contributed by atoms with van der Waals surface area (Å²) in [5, 5.41) is 14.5. The summed E-state index contributed by atoms with van der Waals surface area (Å²) in [5.41, 5.74) is 5.18. The fourth-order valence-corrected chi connectivity index (χ4v) is 1.19. The Morgan fingerprint density at radius 1 is 1.47 bits per heavy atom. The van der Waals surface area contributed by atoms with Gasteiger partial charge < -0.3 is 11.1 Å². The van der Waals surface area contributed by atoms with E-state index in [1.807, 2.05) is 0 Å². The Morgan fingerprint density at radius 3 is 2.82 bits per heavy atom. The molecular weight excluding hydrogens is 222 g/mol. The van der Waals surface area contributed by atoms with E-state index in [4.69, 9.17) is 5.73 Å². The Hall–Kier alpha value is -2.51. The second kappa shape index (κ2) is 4.56. The van der Waals surface area contributed by atoms with Gasteiger partial charge in [0, 0.05) is 7.05 Å². The van der Waals surface area contributed by atoms with E-state index in [0.29, 0.717) is 18.2 Å². The SMILES string of the molecule is Cn1cnc(CNc2ccc(C(N)=O)nn2)n1. The molecule has 1 amide bonds. The van der Waals surface area contributed by atoms with Crippen molar-refractivity contribution in [2.75, 3.05) is 5.32 Å². The van der Waals surface area contributed by atoms with Gasteiger partial charge in [-0.1, -0.05) is 0 Å². The summed E-state index contributed by atoms with van der Waals surface area (Å²) < 4.78 is 1.61. The maximum atomic E-state index is 10.8. The minimum absolute atomic E-state index is 0.131. The minimum atomic E-state index is -0.601. The summed E-state index contributed by atoms with van der Waals surface area (Å²) >= 11 is 0. The van der Waals surface area contributed by atoms with Crippen LogP contribution in [0.4, 0.5) is 5.82 Å². The number of anilines is 1. The highest BCUT2D eigenvalue weighted by Crippen LogP contribution is 2.02. The normalized spacial score (nSPS) is 10.2. The van der Waals surface area contributed by atoms with Crippen molar-refractivity contribution in [3.8, 4) is 0 Å². The van der Waals surface area contributed by atoms with Gasteiger partial charge in [0.25, 0.3) is 5.91 Å². The highest BCUT2D eigenvalue weighted by molar-refractivity contribution is 5.90. The summed E-state index contributed by atoms with van der Waals surface area (Å²) in [5.74, 6) is 0.575. The zero-order valence-electron chi connectivity index (χ0n) is 9.16. The molecule has 2 aromatic rings. The van der Waals surface area contributed by atoms with E-state index in [9.17, 15) is 4.79 Å². The molecule has 0 aliphatic carbocycles. The van der Waals surface area contributed by atoms with Crippen molar-refractivity contribution in [3.63, 3.8) is 0 Å². The summed E-state index contributed by atoms with van der Waals surface area (Å²) in [7, 11) is 1.79. The Kier molecular flexibility index (Phi) is 2.95. The first kappa shape index (κ1) is 11.0. The van der Waals surface area contributed by atoms with Crippen LogP contribution in [-0.4, -0.2) is 30.9 Å². The zero-order valence-corrected chi connectivity index (χ0v) is 9.16. The first-order valence-electron chi connectivity index (χ1n) is 4.87. The number of aryl methyl sites for hydroxylation is 1. The lowest BCUT2D eigenvalue weighted by Crippen LogP contribution is -2.14. The molecule has 17 heavy (non-hydrogen) atoms. The maximum absolute atomic E-state index is 10.8. The molecule has 2 aromatic heterocycles. The molecule has 8 heteroatoms. The van der Waals surface area contributed by atoms with E-state index in [1.165, 1.54) is 6.07 Å². The number of rotatable bonds is 4. The zero-order chi connectivity index (χ0) is 12.3. The Bertz CT molecular complexity index is 518. The van der Waals surface area contributed by atoms with Crippen LogP contribution in [0.25, 0.3) is 0 Å². The van der Waals surface area contributed by atoms with Gasteiger partial charge in [-0.05, 0) is 12.1 Å². The van der Waals surface area contributed by atoms with E-state index in [-0.39, 0.29) is 5.69 Å². The van der Waals surface area contributed by atoms with Gasteiger partial charge >= 0.3 is 0 Å². The quantitative estimate of drug-likeness (QED) is 0.723. The van der Waals surface area contributed by atoms with Gasteiger partial charge in [-0.25, -0.2) is 4.98 Å². The highest BCUT2D eigenvalue weighted by atomic mass is 16.1. The fraction of sp³-hybridized carbons (Fsp3) is 0.222. The Balaban J connectivity index is 1.97. The van der Waals surface area contributed by atoms with Crippen LogP contribution in [0.5, 0.6) is 0 Å². The van der Waals surface area contributed by atoms with Crippen molar-refractivity contribution in [1.29, 1.82) is 0 Å². The third-order valence-corrected chi connectivity index (χ3v) is 1.99. The topological polar surface area (TPSA) is 112 Å². The molecule has 2 rings (SSSR count). The molecule has 3 N–H and O–H groups in total. The van der Waals surface area contributed by atoms with Crippen molar-refractivity contribution in [1.82, 2.24) is 25.0 Å². The molecule has 0 bridgehead atoms. The number of nitrogens with one attached hydrogen (secondary N) is 1. The third kappa shape index (κ3) is 2.74. The Labute approximate surface area is 96.9 Å². The number of carbonyl (C=O) groups excluding carboxylic acids is 1. The van der Waals surface area contributed by atoms with Gasteiger partial charge in [-0.3, -0.25) is 9.48 Å². The highest BCUT2D eigenvalue weighted by Gasteiger charge is 2.03. The number of hydrogen-bond donors (Lipinski definition) is 2. The monoisotopic (exact) mass is 233 g/mol. The lowest BCUT2D eigenvalue weighted by molar-refractivity contribution is 0.0994. The van der Waals surface area contributed by atoms with Crippen molar-refractivity contribution in [2.24, 2.45) is 12.8 Å². The smallest absolute Gasteiger partial charge is 0.269 e. The van der Waals surface area contributed by atoms with Crippen molar-refractivity contribution in [3.05, 3.63) is 30.0 Å². The lowest BCUT2D eigenvalue weighted by Gasteiger charge is -2.01. The van der Waals surface area contributed by atoms with Crippen LogP contribution >= 0.6 is 0 Å². The van der Waals surface area contributed by atoms with Gasteiger partial charge in [0.15, 0.2) is 11.5 Å². The molecular formula is C9H11N7O. The van der Waals surface area contributed by atoms with Crippen LogP contribution in [0.2, 0.25) is 0 Å². The van der Waals surface area contributed by atoms with E-state index in [2.05, 4.69) is 25.6 Å². The molecule has 0 saturated carbocycles. The van der Waals surface area contributed by atoms with E-state index >= 15 is 0 Å². The second-order valence-corrected chi connectivity index (χ2v) is 3.36. The number of primary amides is 1. The molecule has 0 aliphatic heterocycles. The van der Waals surface area contributed by atoms with Gasteiger partial charge in [-0.15, -0.1) is 10.2 Å². The lowest BCUT2D eigenvalue weighted by atomic mass is 10.4. The van der Waals surface area contributed by atoms with Crippen molar-refractivity contribution >= 4 is 11.7 Å². The van der Waals surface area contributed by atoms with Crippen molar-refractivity contribution in [2.45, 2.75) is 6.54 Å². The van der Waals surface area contributed by atoms with E-state index < -0.39 is 5.91 Å². The average molecular weight is 233 g/mol. The molecule has 0 fully saturated rings. The molecule has 2 heterocycles. The molecule has 0 radical (unpaired) electrons. The van der Waals surface area contributed by atoms with Crippen LogP contribution in [0.1, 0.15) is 16.3 Å². The van der Waals surface area contributed by atoms with Crippen LogP contribution in [-0.2, 0) is 13.6 Å². The predicted molar refractivity (Wildman–Crippen MR) is 58.9 cm³/mol. The molecule has 0 unspecified atom stereocenters. The first-order valence-corrected chi connectivity index (χ1v) is 4.87. The third-order valence-electron chi connectivity index (χ3n) is 1.99. The van der Waals surface area contributed by atoms with Crippen LogP contribution in [0.3, 0.4) is 0 Å². The first-order chi connectivity index (χ1) is 8.15. The number of aromatic nitrogens is 5. The average Bonchev–Trinajstić information content (AvgIpc) is 2.73. The molecule has 88 valence electrons. The molecule has 0 aromatic carbocycles. The summed E-state index contributed by atoms with van der Waals surface area (Å²) in [6, 6.07) is 3.12. The van der Waals surface area contributed by atoms with Gasteiger partial charge in [-0.2, -0.15) is 5.10 Å². The van der Waals surface area contributed by atoms with Crippen molar-refractivity contribution < 1.29 is 4.79 Å². The van der Waals surface area contributed by atoms with Crippen LogP contribution in [0.15, 0.2) is 18.5 Å². The Morgan fingerprint density at radius 2 is 2.29 bits per heavy atom. The van der Waals surface area contributed by atoms with Gasteiger partial charge in [0.1, 0.15) is 12.1 Å². The standard InChI is InChI=1S/C9H11N7O/c1-16-5-12-8(15-16)4-11-7-3-2-6(9(10)17)13-14-7/h2-3,5H,4H2,1H3,(H2,10,17)(H,11,14). The number of amides is 1. The van der Waals surface area contributed by atoms with Gasteiger partial charge in [0.05, 0.1) is 6.54 Å². The molecule has 0 saturated heterocycles. The second-order valence-electron chi connectivity index (χ2n) is 3.36. The van der Waals surface area contributed by atoms with Gasteiger partial charge in [0.2, 0.25) is 0 Å². The number of carbonyl (C=O) groups is 1. The predicted octanol–water partition coefficient (Wildman–Crippen LogP) is -0.684. The number of nitrogens with two attached hydrogens (primary N) is 1. The van der Waals surface area contributed by atoms with Crippen LogP contribution in [0, 0.1) is 0 Å². The summed E-state index contributed by atoms with van der Waals surface area (Å²) in [6.45, 7) is 0.436. The van der Waals surface area contributed by atoms with E-state index in [1.54, 1.807) is 24.1 Å². The molecule has 0 spiro atoms. The summed E-state index contributed by atoms with van der Waals surface area (Å²) in [6.07, 6.45) is 1.61. The largest absolute Gasteiger partial charge is 0.364 e. The van der Waals surface area contributed by atoms with Crippen LogP contribution < -0.4 is 11.1 Å².